The Morgan fingerprint density at radius 2 is 2.30 bits per heavy atom. The van der Waals surface area contributed by atoms with Crippen molar-refractivity contribution in [1.82, 2.24) is 19.9 Å². The van der Waals surface area contributed by atoms with Crippen molar-refractivity contribution in [2.24, 2.45) is 0 Å². The molecule has 1 atom stereocenters. The van der Waals surface area contributed by atoms with Crippen LogP contribution >= 0.6 is 11.3 Å². The monoisotopic (exact) mass is 330 g/mol. The highest BCUT2D eigenvalue weighted by atomic mass is 32.1. The molecule has 0 saturated carbocycles. The van der Waals surface area contributed by atoms with Gasteiger partial charge in [-0.1, -0.05) is 0 Å². The molecule has 5 nitrogen and oxygen atoms in total. The summed E-state index contributed by atoms with van der Waals surface area (Å²) < 4.78 is 13.3. The SMILES string of the molecule is O=C(c1nc2ccc(F)cc2[nH]1)N1CCCC[C@H]1c1nccs1. The summed E-state index contributed by atoms with van der Waals surface area (Å²) in [6, 6.07) is 4.28. The molecule has 1 aliphatic rings. The zero-order chi connectivity index (χ0) is 15.8. The second kappa shape index (κ2) is 5.73. The van der Waals surface area contributed by atoms with Gasteiger partial charge in [0.25, 0.3) is 5.91 Å². The molecule has 0 bridgehead atoms. The van der Waals surface area contributed by atoms with Crippen LogP contribution in [0.4, 0.5) is 4.39 Å². The first-order chi connectivity index (χ1) is 11.2. The van der Waals surface area contributed by atoms with Crippen molar-refractivity contribution in [3.63, 3.8) is 0 Å². The molecule has 2 aromatic heterocycles. The fourth-order valence-electron chi connectivity index (χ4n) is 3.05. The Morgan fingerprint density at radius 1 is 1.39 bits per heavy atom. The van der Waals surface area contributed by atoms with E-state index in [9.17, 15) is 9.18 Å². The van der Waals surface area contributed by atoms with Gasteiger partial charge in [-0.2, -0.15) is 0 Å². The Kier molecular flexibility index (Phi) is 3.57. The van der Waals surface area contributed by atoms with E-state index in [1.54, 1.807) is 23.6 Å². The molecule has 1 aliphatic heterocycles. The van der Waals surface area contributed by atoms with Crippen molar-refractivity contribution in [2.45, 2.75) is 25.3 Å². The number of benzene rings is 1. The van der Waals surface area contributed by atoms with E-state index in [-0.39, 0.29) is 23.6 Å². The zero-order valence-electron chi connectivity index (χ0n) is 12.3. The molecule has 0 unspecified atom stereocenters. The first kappa shape index (κ1) is 14.3. The number of H-pyrrole nitrogens is 1. The lowest BCUT2D eigenvalue weighted by atomic mass is 10.0. The lowest BCUT2D eigenvalue weighted by Gasteiger charge is -2.33. The number of fused-ring (bicyclic) bond motifs is 1. The molecule has 1 amide bonds. The van der Waals surface area contributed by atoms with E-state index >= 15 is 0 Å². The maximum atomic E-state index is 13.3. The normalized spacial score (nSPS) is 18.5. The van der Waals surface area contributed by atoms with Crippen LogP contribution in [-0.2, 0) is 0 Å². The van der Waals surface area contributed by atoms with E-state index in [0.29, 0.717) is 17.6 Å². The Bertz CT molecular complexity index is 845. The highest BCUT2D eigenvalue weighted by molar-refractivity contribution is 7.09. The largest absolute Gasteiger partial charge is 0.334 e. The molecular formula is C16H15FN4OS. The number of halogens is 1. The molecule has 1 fully saturated rings. The van der Waals surface area contributed by atoms with Crippen molar-refractivity contribution < 1.29 is 9.18 Å². The number of nitrogens with zero attached hydrogens (tertiary/aromatic N) is 3. The standard InChI is InChI=1S/C16H15FN4OS/c17-10-4-5-11-12(9-10)20-14(19-11)16(22)21-7-2-1-3-13(21)15-18-6-8-23-15/h4-6,8-9,13H,1-3,7H2,(H,19,20)/t13-/m0/s1. The number of thiazole rings is 1. The fraction of sp³-hybridized carbons (Fsp3) is 0.312. The molecule has 1 N–H and O–H groups in total. The molecular weight excluding hydrogens is 315 g/mol. The van der Waals surface area contributed by atoms with E-state index < -0.39 is 0 Å². The minimum Gasteiger partial charge on any atom is -0.334 e. The molecule has 118 valence electrons. The molecule has 0 spiro atoms. The number of imidazole rings is 1. The Labute approximate surface area is 136 Å². The quantitative estimate of drug-likeness (QED) is 0.782. The lowest BCUT2D eigenvalue weighted by molar-refractivity contribution is 0.0600. The van der Waals surface area contributed by atoms with Crippen molar-refractivity contribution in [2.75, 3.05) is 6.54 Å². The van der Waals surface area contributed by atoms with Crippen LogP contribution in [0.15, 0.2) is 29.8 Å². The average Bonchev–Trinajstić information content (AvgIpc) is 3.23. The van der Waals surface area contributed by atoms with Gasteiger partial charge in [-0.3, -0.25) is 4.79 Å². The highest BCUT2D eigenvalue weighted by Crippen LogP contribution is 2.33. The average molecular weight is 330 g/mol. The van der Waals surface area contributed by atoms with Crippen LogP contribution in [0.1, 0.15) is 40.9 Å². The number of nitrogens with one attached hydrogen (secondary N) is 1. The van der Waals surface area contributed by atoms with Gasteiger partial charge in [0.05, 0.1) is 17.1 Å². The Hall–Kier alpha value is -2.28. The van der Waals surface area contributed by atoms with Crippen LogP contribution in [0.5, 0.6) is 0 Å². The number of hydrogen-bond donors (Lipinski definition) is 1. The van der Waals surface area contributed by atoms with Gasteiger partial charge in [-0.15, -0.1) is 11.3 Å². The van der Waals surface area contributed by atoms with Crippen LogP contribution in [0.2, 0.25) is 0 Å². The lowest BCUT2D eigenvalue weighted by Crippen LogP contribution is -2.39. The molecule has 1 saturated heterocycles. The van der Waals surface area contributed by atoms with E-state index in [1.807, 2.05) is 10.3 Å². The first-order valence-corrected chi connectivity index (χ1v) is 8.46. The Balaban J connectivity index is 1.67. The third kappa shape index (κ3) is 2.61. The van der Waals surface area contributed by atoms with Gasteiger partial charge in [0.15, 0.2) is 5.82 Å². The molecule has 3 aromatic rings. The summed E-state index contributed by atoms with van der Waals surface area (Å²) in [5.41, 5.74) is 1.13. The summed E-state index contributed by atoms with van der Waals surface area (Å²) in [6.45, 7) is 0.689. The van der Waals surface area contributed by atoms with E-state index in [1.165, 1.54) is 12.1 Å². The number of piperidine rings is 1. The summed E-state index contributed by atoms with van der Waals surface area (Å²) in [5, 5.41) is 2.89. The maximum absolute atomic E-state index is 13.3. The van der Waals surface area contributed by atoms with Crippen molar-refractivity contribution >= 4 is 28.3 Å². The second-order valence-corrected chi connectivity index (χ2v) is 6.55. The van der Waals surface area contributed by atoms with E-state index in [4.69, 9.17) is 0 Å². The van der Waals surface area contributed by atoms with Crippen molar-refractivity contribution in [3.05, 3.63) is 46.4 Å². The molecule has 4 rings (SSSR count). The van der Waals surface area contributed by atoms with Crippen LogP contribution in [0.25, 0.3) is 11.0 Å². The number of carbonyl (C=O) groups excluding carboxylic acids is 1. The van der Waals surface area contributed by atoms with Gasteiger partial charge < -0.3 is 9.88 Å². The predicted octanol–water partition coefficient (Wildman–Crippen LogP) is 3.53. The van der Waals surface area contributed by atoms with E-state index in [0.717, 1.165) is 24.3 Å². The minimum absolute atomic E-state index is 0.00111. The second-order valence-electron chi connectivity index (χ2n) is 5.63. The highest BCUT2D eigenvalue weighted by Gasteiger charge is 2.31. The van der Waals surface area contributed by atoms with E-state index in [2.05, 4.69) is 15.0 Å². The van der Waals surface area contributed by atoms with Crippen LogP contribution in [0.3, 0.4) is 0 Å². The summed E-state index contributed by atoms with van der Waals surface area (Å²) in [5.74, 6) is -0.241. The maximum Gasteiger partial charge on any atom is 0.290 e. The predicted molar refractivity (Wildman–Crippen MR) is 85.8 cm³/mol. The molecule has 1 aromatic carbocycles. The third-order valence-corrected chi connectivity index (χ3v) is 5.02. The summed E-state index contributed by atoms with van der Waals surface area (Å²) in [7, 11) is 0. The number of amides is 1. The van der Waals surface area contributed by atoms with Gasteiger partial charge in [0, 0.05) is 18.1 Å². The number of aromatic amines is 1. The molecule has 23 heavy (non-hydrogen) atoms. The minimum atomic E-state index is -0.348. The Morgan fingerprint density at radius 3 is 3.13 bits per heavy atom. The van der Waals surface area contributed by atoms with Gasteiger partial charge in [-0.25, -0.2) is 14.4 Å². The van der Waals surface area contributed by atoms with Crippen molar-refractivity contribution in [3.8, 4) is 0 Å². The fourth-order valence-corrected chi connectivity index (χ4v) is 3.83. The van der Waals surface area contributed by atoms with Gasteiger partial charge in [-0.05, 0) is 37.5 Å². The summed E-state index contributed by atoms with van der Waals surface area (Å²) in [6.07, 6.45) is 4.73. The smallest absolute Gasteiger partial charge is 0.290 e. The summed E-state index contributed by atoms with van der Waals surface area (Å²) in [4.78, 5) is 26.3. The zero-order valence-corrected chi connectivity index (χ0v) is 13.1. The number of rotatable bonds is 2. The van der Waals surface area contributed by atoms with Gasteiger partial charge in [0.2, 0.25) is 0 Å². The van der Waals surface area contributed by atoms with Crippen LogP contribution < -0.4 is 0 Å². The number of carbonyl (C=O) groups is 1. The molecule has 3 heterocycles. The third-order valence-electron chi connectivity index (χ3n) is 4.15. The number of aromatic nitrogens is 3. The first-order valence-electron chi connectivity index (χ1n) is 7.58. The number of likely N-dealkylation sites (tertiary alicyclic amines) is 1. The van der Waals surface area contributed by atoms with Crippen molar-refractivity contribution in [1.29, 1.82) is 0 Å². The molecule has 0 aliphatic carbocycles. The molecule has 7 heteroatoms. The topological polar surface area (TPSA) is 61.9 Å². The number of hydrogen-bond acceptors (Lipinski definition) is 4. The molecule has 0 radical (unpaired) electrons. The van der Waals surface area contributed by atoms with Crippen LogP contribution in [0, 0.1) is 5.82 Å². The van der Waals surface area contributed by atoms with Crippen LogP contribution in [-0.4, -0.2) is 32.3 Å². The van der Waals surface area contributed by atoms with Gasteiger partial charge >= 0.3 is 0 Å². The van der Waals surface area contributed by atoms with Gasteiger partial charge in [0.1, 0.15) is 10.8 Å². The summed E-state index contributed by atoms with van der Waals surface area (Å²) >= 11 is 1.57.